The number of aromatic nitrogens is 1. The van der Waals surface area contributed by atoms with Gasteiger partial charge < -0.3 is 4.90 Å². The quantitative estimate of drug-likeness (QED) is 0.734. The van der Waals surface area contributed by atoms with Crippen LogP contribution in [0.1, 0.15) is 25.3 Å². The summed E-state index contributed by atoms with van der Waals surface area (Å²) in [5, 5.41) is 0. The fourth-order valence-corrected chi connectivity index (χ4v) is 4.47. The molecule has 3 fully saturated rings. The average Bonchev–Trinajstić information content (AvgIpc) is 3.16. The van der Waals surface area contributed by atoms with E-state index in [1.807, 2.05) is 6.20 Å². The minimum atomic E-state index is 0.791. The molecule has 0 aromatic carbocycles. The van der Waals surface area contributed by atoms with Gasteiger partial charge in [0.15, 0.2) is 0 Å². The highest BCUT2D eigenvalue weighted by Gasteiger charge is 2.82. The molecule has 3 aliphatic rings. The summed E-state index contributed by atoms with van der Waals surface area (Å²) >= 11 is 0. The molecule has 90 valence electrons. The number of aryl methyl sites for hydroxylation is 1. The van der Waals surface area contributed by atoms with Gasteiger partial charge in [-0.1, -0.05) is 13.0 Å². The first kappa shape index (κ1) is 9.93. The second kappa shape index (κ2) is 3.04. The van der Waals surface area contributed by atoms with Crippen molar-refractivity contribution < 1.29 is 0 Å². The molecule has 1 saturated heterocycles. The van der Waals surface area contributed by atoms with Crippen molar-refractivity contribution in [3.8, 4) is 0 Å². The standard InChI is InChI=1S/C15H20N2/c1-10-3-4-13(16-9-10)17-7-5-12-14-11(2)15(12,14)6-8-17/h3-4,9,11-12,14H,5-8H2,1-2H3. The number of hydrogen-bond donors (Lipinski definition) is 0. The van der Waals surface area contributed by atoms with E-state index in [1.165, 1.54) is 37.3 Å². The van der Waals surface area contributed by atoms with Crippen LogP contribution in [-0.4, -0.2) is 18.1 Å². The lowest BCUT2D eigenvalue weighted by Crippen LogP contribution is -2.25. The third-order valence-corrected chi connectivity index (χ3v) is 5.66. The smallest absolute Gasteiger partial charge is 0.128 e. The lowest BCUT2D eigenvalue weighted by atomic mass is 9.94. The fourth-order valence-electron chi connectivity index (χ4n) is 4.47. The van der Waals surface area contributed by atoms with Crippen molar-refractivity contribution in [3.63, 3.8) is 0 Å². The number of fused-ring (bicyclic) bond motifs is 1. The molecule has 2 nitrogen and oxygen atoms in total. The molecular weight excluding hydrogens is 208 g/mol. The Morgan fingerprint density at radius 2 is 2.24 bits per heavy atom. The maximum atomic E-state index is 4.56. The fraction of sp³-hybridized carbons (Fsp3) is 0.667. The van der Waals surface area contributed by atoms with Gasteiger partial charge in [0, 0.05) is 19.3 Å². The highest BCUT2D eigenvalue weighted by molar-refractivity contribution is 5.42. The Morgan fingerprint density at radius 1 is 1.35 bits per heavy atom. The highest BCUT2D eigenvalue weighted by atomic mass is 15.2. The molecule has 4 atom stereocenters. The zero-order chi connectivity index (χ0) is 11.6. The summed E-state index contributed by atoms with van der Waals surface area (Å²) in [6.07, 6.45) is 4.78. The third kappa shape index (κ3) is 1.19. The van der Waals surface area contributed by atoms with Crippen LogP contribution in [0.15, 0.2) is 18.3 Å². The van der Waals surface area contributed by atoms with Crippen LogP contribution >= 0.6 is 0 Å². The first-order chi connectivity index (χ1) is 8.23. The molecule has 0 N–H and O–H groups in total. The van der Waals surface area contributed by atoms with Gasteiger partial charge in [0.05, 0.1) is 0 Å². The van der Waals surface area contributed by atoms with E-state index in [4.69, 9.17) is 0 Å². The molecule has 0 radical (unpaired) electrons. The van der Waals surface area contributed by atoms with E-state index < -0.39 is 0 Å². The van der Waals surface area contributed by atoms with Gasteiger partial charge in [0.1, 0.15) is 5.82 Å². The van der Waals surface area contributed by atoms with Crippen LogP contribution in [-0.2, 0) is 0 Å². The van der Waals surface area contributed by atoms with Crippen molar-refractivity contribution in [1.82, 2.24) is 4.98 Å². The molecule has 0 bridgehead atoms. The number of nitrogens with zero attached hydrogens (tertiary/aromatic N) is 2. The van der Waals surface area contributed by atoms with Crippen LogP contribution < -0.4 is 4.90 Å². The molecule has 0 amide bonds. The van der Waals surface area contributed by atoms with Gasteiger partial charge in [-0.05, 0) is 54.6 Å². The Bertz CT molecular complexity index is 452. The van der Waals surface area contributed by atoms with E-state index in [2.05, 4.69) is 35.9 Å². The van der Waals surface area contributed by atoms with Crippen molar-refractivity contribution in [1.29, 1.82) is 0 Å². The van der Waals surface area contributed by atoms with E-state index in [0.29, 0.717) is 0 Å². The molecule has 1 aromatic rings. The summed E-state index contributed by atoms with van der Waals surface area (Å²) in [4.78, 5) is 7.05. The molecule has 4 rings (SSSR count). The molecule has 2 aliphatic carbocycles. The molecule has 1 aromatic heterocycles. The number of anilines is 1. The number of rotatable bonds is 1. The first-order valence-electron chi connectivity index (χ1n) is 6.91. The monoisotopic (exact) mass is 228 g/mol. The summed E-state index contributed by atoms with van der Waals surface area (Å²) in [6.45, 7) is 6.98. The molecule has 2 heterocycles. The second-order valence-corrected chi connectivity index (χ2v) is 6.25. The van der Waals surface area contributed by atoms with E-state index in [0.717, 1.165) is 23.2 Å². The first-order valence-corrected chi connectivity index (χ1v) is 6.91. The minimum Gasteiger partial charge on any atom is -0.357 e. The molecule has 1 spiro atoms. The summed E-state index contributed by atoms with van der Waals surface area (Å²) in [5.74, 6) is 4.38. The summed E-state index contributed by atoms with van der Waals surface area (Å²) in [5.41, 5.74) is 2.04. The zero-order valence-electron chi connectivity index (χ0n) is 10.7. The third-order valence-electron chi connectivity index (χ3n) is 5.66. The molecule has 2 saturated carbocycles. The Morgan fingerprint density at radius 3 is 2.94 bits per heavy atom. The average molecular weight is 228 g/mol. The van der Waals surface area contributed by atoms with Gasteiger partial charge in [-0.2, -0.15) is 0 Å². The van der Waals surface area contributed by atoms with E-state index in [1.54, 1.807) is 0 Å². The lowest BCUT2D eigenvalue weighted by molar-refractivity contribution is 0.385. The molecular formula is C15H20N2. The Hall–Kier alpha value is -1.05. The summed E-state index contributed by atoms with van der Waals surface area (Å²) in [7, 11) is 0. The molecule has 1 aliphatic heterocycles. The SMILES string of the molecule is Cc1ccc(N2CCC3C4C(C)C34CC2)nc1. The van der Waals surface area contributed by atoms with Gasteiger partial charge in [-0.15, -0.1) is 0 Å². The summed E-state index contributed by atoms with van der Waals surface area (Å²) in [6, 6.07) is 4.35. The van der Waals surface area contributed by atoms with Gasteiger partial charge in [0.25, 0.3) is 0 Å². The predicted molar refractivity (Wildman–Crippen MR) is 69.0 cm³/mol. The van der Waals surface area contributed by atoms with Crippen LogP contribution in [0.4, 0.5) is 5.82 Å². The van der Waals surface area contributed by atoms with E-state index >= 15 is 0 Å². The van der Waals surface area contributed by atoms with E-state index in [-0.39, 0.29) is 0 Å². The van der Waals surface area contributed by atoms with Crippen molar-refractivity contribution >= 4 is 5.82 Å². The molecule has 17 heavy (non-hydrogen) atoms. The Kier molecular flexibility index (Phi) is 1.77. The topological polar surface area (TPSA) is 16.1 Å². The second-order valence-electron chi connectivity index (χ2n) is 6.25. The van der Waals surface area contributed by atoms with Crippen molar-refractivity contribution in [3.05, 3.63) is 23.9 Å². The summed E-state index contributed by atoms with van der Waals surface area (Å²) < 4.78 is 0. The largest absolute Gasteiger partial charge is 0.357 e. The van der Waals surface area contributed by atoms with Crippen LogP contribution in [0.3, 0.4) is 0 Å². The van der Waals surface area contributed by atoms with Crippen molar-refractivity contribution in [2.45, 2.75) is 26.7 Å². The number of hydrogen-bond acceptors (Lipinski definition) is 2. The molecule has 2 heteroatoms. The van der Waals surface area contributed by atoms with Gasteiger partial charge in [0.2, 0.25) is 0 Å². The van der Waals surface area contributed by atoms with Crippen molar-refractivity contribution in [2.24, 2.45) is 23.2 Å². The van der Waals surface area contributed by atoms with Crippen LogP contribution in [0.2, 0.25) is 0 Å². The van der Waals surface area contributed by atoms with Gasteiger partial charge >= 0.3 is 0 Å². The van der Waals surface area contributed by atoms with Crippen LogP contribution in [0, 0.1) is 30.1 Å². The van der Waals surface area contributed by atoms with E-state index in [9.17, 15) is 0 Å². The van der Waals surface area contributed by atoms with Crippen LogP contribution in [0.5, 0.6) is 0 Å². The highest BCUT2D eigenvalue weighted by Crippen LogP contribution is 2.86. The van der Waals surface area contributed by atoms with Gasteiger partial charge in [-0.3, -0.25) is 0 Å². The maximum Gasteiger partial charge on any atom is 0.128 e. The predicted octanol–water partition coefficient (Wildman–Crippen LogP) is 2.87. The van der Waals surface area contributed by atoms with Crippen LogP contribution in [0.25, 0.3) is 0 Å². The normalized spacial score (nSPS) is 42.5. The Labute approximate surface area is 103 Å². The lowest BCUT2D eigenvalue weighted by Gasteiger charge is -2.22. The van der Waals surface area contributed by atoms with Crippen molar-refractivity contribution in [2.75, 3.05) is 18.0 Å². The zero-order valence-corrected chi connectivity index (χ0v) is 10.7. The Balaban J connectivity index is 1.51. The number of pyridine rings is 1. The van der Waals surface area contributed by atoms with Gasteiger partial charge in [-0.25, -0.2) is 4.98 Å². The minimum absolute atomic E-state index is 0.791. The maximum absolute atomic E-state index is 4.56. The molecule has 4 unspecified atom stereocenters.